The highest BCUT2D eigenvalue weighted by atomic mass is 16.7. The van der Waals surface area contributed by atoms with Gasteiger partial charge in [-0.3, -0.25) is 4.79 Å². The number of allylic oxidation sites excluding steroid dienone is 6. The summed E-state index contributed by atoms with van der Waals surface area (Å²) in [5.74, 6) is -0.159. The number of rotatable bonds is 52. The van der Waals surface area contributed by atoms with Crippen molar-refractivity contribution < 1.29 is 39.8 Å². The third kappa shape index (κ3) is 39.9. The quantitative estimate of drug-likeness (QED) is 0.0261. The maximum atomic E-state index is 13.0. The van der Waals surface area contributed by atoms with Gasteiger partial charge in [0.2, 0.25) is 5.91 Å². The molecule has 1 aliphatic heterocycles. The van der Waals surface area contributed by atoms with Gasteiger partial charge in [-0.1, -0.05) is 275 Å². The smallest absolute Gasteiger partial charge is 0.220 e. The zero-order chi connectivity index (χ0) is 50.8. The summed E-state index contributed by atoms with van der Waals surface area (Å²) in [6.07, 6.45) is 59.2. The molecule has 7 atom stereocenters. The molecule has 412 valence electrons. The molecule has 70 heavy (non-hydrogen) atoms. The van der Waals surface area contributed by atoms with Crippen molar-refractivity contribution in [2.75, 3.05) is 13.2 Å². The first-order valence-electron chi connectivity index (χ1n) is 30.2. The fraction of sp³-hybridized carbons (Fsp3) is 0.885. The zero-order valence-electron chi connectivity index (χ0n) is 45.8. The van der Waals surface area contributed by atoms with Gasteiger partial charge in [0.15, 0.2) is 6.29 Å². The van der Waals surface area contributed by atoms with E-state index in [-0.39, 0.29) is 12.5 Å². The lowest BCUT2D eigenvalue weighted by Crippen LogP contribution is -2.60. The second kappa shape index (κ2) is 50.9. The fourth-order valence-electron chi connectivity index (χ4n) is 9.77. The lowest BCUT2D eigenvalue weighted by molar-refractivity contribution is -0.302. The highest BCUT2D eigenvalue weighted by Crippen LogP contribution is 2.23. The van der Waals surface area contributed by atoms with Crippen molar-refractivity contribution in [3.05, 3.63) is 36.5 Å². The molecule has 1 heterocycles. The highest BCUT2D eigenvalue weighted by molar-refractivity contribution is 5.76. The molecule has 1 aliphatic rings. The Morgan fingerprint density at radius 2 is 0.886 bits per heavy atom. The summed E-state index contributed by atoms with van der Waals surface area (Å²) >= 11 is 0. The normalized spacial score (nSPS) is 19.6. The number of carbonyl (C=O) groups is 1. The van der Waals surface area contributed by atoms with Crippen LogP contribution in [0.3, 0.4) is 0 Å². The minimum Gasteiger partial charge on any atom is -0.394 e. The van der Waals surface area contributed by atoms with E-state index in [4.69, 9.17) is 9.47 Å². The van der Waals surface area contributed by atoms with E-state index >= 15 is 0 Å². The van der Waals surface area contributed by atoms with Crippen LogP contribution in [-0.4, -0.2) is 87.5 Å². The number of aliphatic hydroxyl groups excluding tert-OH is 5. The van der Waals surface area contributed by atoms with Gasteiger partial charge < -0.3 is 40.3 Å². The van der Waals surface area contributed by atoms with Crippen LogP contribution >= 0.6 is 0 Å². The van der Waals surface area contributed by atoms with Gasteiger partial charge in [0.05, 0.1) is 25.4 Å². The molecule has 0 aromatic heterocycles. The number of nitrogens with one attached hydrogen (secondary N) is 1. The van der Waals surface area contributed by atoms with Crippen molar-refractivity contribution in [3.63, 3.8) is 0 Å². The molecular formula is C61H115NO8. The summed E-state index contributed by atoms with van der Waals surface area (Å²) in [6.45, 7) is 3.74. The van der Waals surface area contributed by atoms with E-state index in [1.165, 1.54) is 186 Å². The lowest BCUT2D eigenvalue weighted by atomic mass is 9.99. The molecule has 1 fully saturated rings. The van der Waals surface area contributed by atoms with Gasteiger partial charge in [-0.15, -0.1) is 0 Å². The Labute approximate surface area is 431 Å². The van der Waals surface area contributed by atoms with Crippen LogP contribution < -0.4 is 5.32 Å². The number of hydrogen-bond donors (Lipinski definition) is 6. The van der Waals surface area contributed by atoms with Crippen molar-refractivity contribution in [2.24, 2.45) is 0 Å². The third-order valence-corrected chi connectivity index (χ3v) is 14.5. The van der Waals surface area contributed by atoms with E-state index in [1.54, 1.807) is 0 Å². The number of hydrogen-bond acceptors (Lipinski definition) is 8. The molecule has 0 aliphatic carbocycles. The summed E-state index contributed by atoms with van der Waals surface area (Å²) in [7, 11) is 0. The molecule has 0 saturated carbocycles. The van der Waals surface area contributed by atoms with Crippen LogP contribution in [0.5, 0.6) is 0 Å². The van der Waals surface area contributed by atoms with Crippen LogP contribution in [0, 0.1) is 0 Å². The van der Waals surface area contributed by atoms with E-state index in [2.05, 4.69) is 55.6 Å². The van der Waals surface area contributed by atoms with Crippen LogP contribution in [0.15, 0.2) is 36.5 Å². The second-order valence-corrected chi connectivity index (χ2v) is 21.1. The molecule has 0 spiro atoms. The lowest BCUT2D eigenvalue weighted by Gasteiger charge is -2.40. The van der Waals surface area contributed by atoms with E-state index < -0.39 is 49.5 Å². The summed E-state index contributed by atoms with van der Waals surface area (Å²) in [6, 6.07) is -0.729. The molecule has 9 nitrogen and oxygen atoms in total. The summed E-state index contributed by atoms with van der Waals surface area (Å²) < 4.78 is 11.3. The number of unbranched alkanes of at least 4 members (excludes halogenated alkanes) is 36. The van der Waals surface area contributed by atoms with Gasteiger partial charge in [0.1, 0.15) is 24.4 Å². The predicted octanol–water partition coefficient (Wildman–Crippen LogP) is 15.1. The van der Waals surface area contributed by atoms with Crippen molar-refractivity contribution in [1.29, 1.82) is 0 Å². The molecule has 0 aromatic rings. The van der Waals surface area contributed by atoms with Gasteiger partial charge >= 0.3 is 0 Å². The molecular weight excluding hydrogens is 875 g/mol. The molecule has 9 heteroatoms. The average Bonchev–Trinajstić information content (AvgIpc) is 3.36. The van der Waals surface area contributed by atoms with Crippen LogP contribution in [0.4, 0.5) is 0 Å². The number of ether oxygens (including phenoxy) is 2. The average molecular weight is 991 g/mol. The Balaban J connectivity index is 2.11. The maximum absolute atomic E-state index is 13.0. The molecule has 1 saturated heterocycles. The topological polar surface area (TPSA) is 149 Å². The third-order valence-electron chi connectivity index (χ3n) is 14.5. The van der Waals surface area contributed by atoms with Gasteiger partial charge in [-0.2, -0.15) is 0 Å². The van der Waals surface area contributed by atoms with Crippen LogP contribution in [0.2, 0.25) is 0 Å². The Bertz CT molecular complexity index is 1190. The maximum Gasteiger partial charge on any atom is 0.220 e. The van der Waals surface area contributed by atoms with Gasteiger partial charge in [-0.25, -0.2) is 0 Å². The fourth-order valence-corrected chi connectivity index (χ4v) is 9.77. The van der Waals surface area contributed by atoms with Crippen LogP contribution in [-0.2, 0) is 14.3 Å². The Morgan fingerprint density at radius 1 is 0.500 bits per heavy atom. The SMILES string of the molecule is CC/C=C\C/C=C\C/C=C\CCCCCCCC(=O)NC(COC1OC(CO)C(O)C(O)C1O)C(O)CCCCCCCCCCCCCCCCCCCCCCCCCCCCCCCCCC. The first-order chi connectivity index (χ1) is 34.3. The van der Waals surface area contributed by atoms with Crippen molar-refractivity contribution in [2.45, 2.75) is 333 Å². The minimum atomic E-state index is -1.56. The minimum absolute atomic E-state index is 0.144. The standard InChI is InChI=1S/C61H115NO8/c1-3-5-7-9-11-13-15-17-19-20-21-22-23-24-25-26-27-28-29-30-31-32-33-34-35-37-38-40-42-44-46-48-50-55(64)54(53-69-61-60(68)59(67)58(66)56(52-63)70-61)62-57(65)51-49-47-45-43-41-39-36-18-16-14-12-10-8-6-4-2/h6,8,12,14,18,36,54-56,58-61,63-64,66-68H,3-5,7,9-11,13,15-17,19-35,37-53H2,1-2H3,(H,62,65)/b8-6-,14-12-,36-18-. The molecule has 1 amide bonds. The number of carbonyl (C=O) groups excluding carboxylic acids is 1. The van der Waals surface area contributed by atoms with Gasteiger partial charge in [0.25, 0.3) is 0 Å². The molecule has 0 aromatic carbocycles. The largest absolute Gasteiger partial charge is 0.394 e. The summed E-state index contributed by atoms with van der Waals surface area (Å²) in [5, 5.41) is 54.7. The van der Waals surface area contributed by atoms with Crippen LogP contribution in [0.1, 0.15) is 290 Å². The van der Waals surface area contributed by atoms with E-state index in [1.807, 2.05) is 0 Å². The van der Waals surface area contributed by atoms with Crippen LogP contribution in [0.25, 0.3) is 0 Å². The number of amides is 1. The molecule has 7 unspecified atom stereocenters. The highest BCUT2D eigenvalue weighted by Gasteiger charge is 2.44. The summed E-state index contributed by atoms with van der Waals surface area (Å²) in [5.41, 5.74) is 0. The predicted molar refractivity (Wildman–Crippen MR) is 295 cm³/mol. The van der Waals surface area contributed by atoms with E-state index in [0.717, 1.165) is 77.0 Å². The monoisotopic (exact) mass is 990 g/mol. The van der Waals surface area contributed by atoms with E-state index in [0.29, 0.717) is 12.8 Å². The summed E-state index contributed by atoms with van der Waals surface area (Å²) in [4.78, 5) is 13.0. The van der Waals surface area contributed by atoms with Gasteiger partial charge in [-0.05, 0) is 44.9 Å². The van der Waals surface area contributed by atoms with Crippen molar-refractivity contribution in [1.82, 2.24) is 5.32 Å². The van der Waals surface area contributed by atoms with E-state index in [9.17, 15) is 30.3 Å². The Hall–Kier alpha value is -1.59. The van der Waals surface area contributed by atoms with Gasteiger partial charge in [0, 0.05) is 6.42 Å². The van der Waals surface area contributed by atoms with Crippen molar-refractivity contribution >= 4 is 5.91 Å². The Morgan fingerprint density at radius 3 is 1.31 bits per heavy atom. The molecule has 0 radical (unpaired) electrons. The first kappa shape index (κ1) is 66.4. The second-order valence-electron chi connectivity index (χ2n) is 21.1. The molecule has 6 N–H and O–H groups in total. The molecule has 0 bridgehead atoms. The van der Waals surface area contributed by atoms with Crippen molar-refractivity contribution in [3.8, 4) is 0 Å². The molecule has 1 rings (SSSR count). The zero-order valence-corrected chi connectivity index (χ0v) is 45.8. The number of aliphatic hydroxyl groups is 5. The first-order valence-corrected chi connectivity index (χ1v) is 30.2. The Kier molecular flexibility index (Phi) is 48.3.